The van der Waals surface area contributed by atoms with Crippen molar-refractivity contribution in [3.8, 4) is 0 Å². The highest BCUT2D eigenvalue weighted by atomic mass is 127. The second kappa shape index (κ2) is 5.25. The molecule has 0 fully saturated rings. The number of carboxylic acids is 1. The van der Waals surface area contributed by atoms with Crippen molar-refractivity contribution in [3.05, 3.63) is 32.9 Å². The Morgan fingerprint density at radius 3 is 2.60 bits per heavy atom. The van der Waals surface area contributed by atoms with Crippen molar-refractivity contribution in [1.82, 2.24) is 0 Å². The van der Waals surface area contributed by atoms with E-state index in [9.17, 15) is 9.59 Å². The van der Waals surface area contributed by atoms with Gasteiger partial charge < -0.3 is 5.11 Å². The largest absolute Gasteiger partial charge is 0.481 e. The number of carbonyl (C=O) groups excluding carboxylic acids is 1. The Kier molecular flexibility index (Phi) is 4.26. The van der Waals surface area contributed by atoms with E-state index < -0.39 is 5.97 Å². The molecular formula is C11H11IO3. The number of benzene rings is 1. The van der Waals surface area contributed by atoms with Crippen LogP contribution in [-0.2, 0) is 4.79 Å². The number of hydrogen-bond acceptors (Lipinski definition) is 2. The molecule has 0 amide bonds. The fraction of sp³-hybridized carbons (Fsp3) is 0.273. The Bertz CT molecular complexity index is 399. The number of rotatable bonds is 4. The average molecular weight is 318 g/mol. The molecule has 1 aromatic carbocycles. The van der Waals surface area contributed by atoms with Crippen LogP contribution < -0.4 is 0 Å². The highest BCUT2D eigenvalue weighted by molar-refractivity contribution is 14.1. The van der Waals surface area contributed by atoms with Gasteiger partial charge in [0.25, 0.3) is 0 Å². The molecule has 0 aliphatic rings. The third-order valence-corrected chi connectivity index (χ3v) is 2.93. The minimum atomic E-state index is -0.939. The summed E-state index contributed by atoms with van der Waals surface area (Å²) >= 11 is 2.08. The third-order valence-electron chi connectivity index (χ3n) is 1.99. The maximum absolute atomic E-state index is 11.7. The van der Waals surface area contributed by atoms with Crippen molar-refractivity contribution < 1.29 is 14.7 Å². The maximum atomic E-state index is 11.7. The standard InChI is InChI=1S/C11H11IO3/c1-7-2-3-9(12)8(6-7)10(13)4-5-11(14)15/h2-3,6H,4-5H2,1H3,(H,14,15). The summed E-state index contributed by atoms with van der Waals surface area (Å²) in [4.78, 5) is 22.0. The Labute approximate surface area is 102 Å². The van der Waals surface area contributed by atoms with Crippen molar-refractivity contribution in [3.63, 3.8) is 0 Å². The van der Waals surface area contributed by atoms with E-state index in [1.807, 2.05) is 19.1 Å². The predicted molar refractivity (Wildman–Crippen MR) is 65.1 cm³/mol. The first kappa shape index (κ1) is 12.2. The van der Waals surface area contributed by atoms with Gasteiger partial charge in [0, 0.05) is 15.6 Å². The molecule has 3 nitrogen and oxygen atoms in total. The number of aryl methyl sites for hydroxylation is 1. The van der Waals surface area contributed by atoms with E-state index in [4.69, 9.17) is 5.11 Å². The molecule has 1 rings (SSSR count). The summed E-state index contributed by atoms with van der Waals surface area (Å²) in [6.45, 7) is 1.91. The van der Waals surface area contributed by atoms with Crippen molar-refractivity contribution in [2.75, 3.05) is 0 Å². The number of halogens is 1. The zero-order chi connectivity index (χ0) is 11.4. The minimum Gasteiger partial charge on any atom is -0.481 e. The van der Waals surface area contributed by atoms with E-state index >= 15 is 0 Å². The van der Waals surface area contributed by atoms with Crippen LogP contribution in [0.3, 0.4) is 0 Å². The minimum absolute atomic E-state index is 0.0643. The summed E-state index contributed by atoms with van der Waals surface area (Å²) in [6, 6.07) is 5.59. The number of aliphatic carboxylic acids is 1. The molecule has 0 saturated carbocycles. The van der Waals surface area contributed by atoms with Gasteiger partial charge in [0.1, 0.15) is 0 Å². The molecule has 0 aromatic heterocycles. The summed E-state index contributed by atoms with van der Waals surface area (Å²) in [5.74, 6) is -1.04. The van der Waals surface area contributed by atoms with E-state index in [-0.39, 0.29) is 18.6 Å². The van der Waals surface area contributed by atoms with Crippen LogP contribution >= 0.6 is 22.6 Å². The van der Waals surface area contributed by atoms with E-state index in [0.717, 1.165) is 9.13 Å². The summed E-state index contributed by atoms with van der Waals surface area (Å²) in [5, 5.41) is 8.48. The first-order chi connectivity index (χ1) is 7.00. The Morgan fingerprint density at radius 1 is 1.33 bits per heavy atom. The molecule has 0 heterocycles. The van der Waals surface area contributed by atoms with Crippen LogP contribution in [0.4, 0.5) is 0 Å². The fourth-order valence-corrected chi connectivity index (χ4v) is 1.84. The topological polar surface area (TPSA) is 54.4 Å². The van der Waals surface area contributed by atoms with Crippen molar-refractivity contribution in [2.45, 2.75) is 19.8 Å². The molecule has 1 N–H and O–H groups in total. The van der Waals surface area contributed by atoms with Crippen molar-refractivity contribution in [1.29, 1.82) is 0 Å². The molecule has 0 radical (unpaired) electrons. The molecule has 0 saturated heterocycles. The van der Waals surface area contributed by atoms with Gasteiger partial charge in [0.05, 0.1) is 6.42 Å². The lowest BCUT2D eigenvalue weighted by molar-refractivity contribution is -0.136. The average Bonchev–Trinajstić information content (AvgIpc) is 2.18. The Morgan fingerprint density at radius 2 is 2.00 bits per heavy atom. The van der Waals surface area contributed by atoms with Gasteiger partial charge in [-0.15, -0.1) is 0 Å². The molecule has 0 aliphatic carbocycles. The van der Waals surface area contributed by atoms with E-state index in [1.54, 1.807) is 6.07 Å². The first-order valence-electron chi connectivity index (χ1n) is 4.52. The summed E-state index contributed by atoms with van der Waals surface area (Å²) in [5.41, 5.74) is 1.63. The Hall–Kier alpha value is -0.910. The van der Waals surface area contributed by atoms with Gasteiger partial charge in [0.15, 0.2) is 5.78 Å². The lowest BCUT2D eigenvalue weighted by Gasteiger charge is -2.03. The summed E-state index contributed by atoms with van der Waals surface area (Å²) in [6.07, 6.45) is -0.0440. The van der Waals surface area contributed by atoms with Crippen molar-refractivity contribution in [2.24, 2.45) is 0 Å². The zero-order valence-corrected chi connectivity index (χ0v) is 10.4. The van der Waals surface area contributed by atoms with Crippen LogP contribution in [0.2, 0.25) is 0 Å². The molecule has 4 heteroatoms. The zero-order valence-electron chi connectivity index (χ0n) is 8.29. The molecule has 15 heavy (non-hydrogen) atoms. The van der Waals surface area contributed by atoms with Crippen LogP contribution in [-0.4, -0.2) is 16.9 Å². The molecule has 0 spiro atoms. The van der Waals surface area contributed by atoms with Crippen LogP contribution in [0.25, 0.3) is 0 Å². The molecule has 0 bridgehead atoms. The second-order valence-corrected chi connectivity index (χ2v) is 4.46. The first-order valence-corrected chi connectivity index (χ1v) is 5.59. The van der Waals surface area contributed by atoms with Crippen LogP contribution in [0.5, 0.6) is 0 Å². The predicted octanol–water partition coefficient (Wildman–Crippen LogP) is 2.65. The SMILES string of the molecule is Cc1ccc(I)c(C(=O)CCC(=O)O)c1. The highest BCUT2D eigenvalue weighted by Gasteiger charge is 2.11. The lowest BCUT2D eigenvalue weighted by Crippen LogP contribution is -2.05. The monoisotopic (exact) mass is 318 g/mol. The van der Waals surface area contributed by atoms with Gasteiger partial charge in [-0.2, -0.15) is 0 Å². The van der Waals surface area contributed by atoms with Crippen LogP contribution in [0.15, 0.2) is 18.2 Å². The van der Waals surface area contributed by atoms with Gasteiger partial charge in [-0.05, 0) is 41.6 Å². The maximum Gasteiger partial charge on any atom is 0.303 e. The fourth-order valence-electron chi connectivity index (χ4n) is 1.21. The van der Waals surface area contributed by atoms with E-state index in [1.165, 1.54) is 0 Å². The normalized spacial score (nSPS) is 10.0. The molecule has 0 unspecified atom stereocenters. The summed E-state index contributed by atoms with van der Waals surface area (Å²) < 4.78 is 0.869. The van der Waals surface area contributed by atoms with Gasteiger partial charge in [-0.1, -0.05) is 11.6 Å². The van der Waals surface area contributed by atoms with Gasteiger partial charge in [0.2, 0.25) is 0 Å². The number of ketones is 1. The smallest absolute Gasteiger partial charge is 0.303 e. The van der Waals surface area contributed by atoms with Gasteiger partial charge in [-0.3, -0.25) is 9.59 Å². The number of hydrogen-bond donors (Lipinski definition) is 1. The van der Waals surface area contributed by atoms with E-state index in [2.05, 4.69) is 22.6 Å². The molecular weight excluding hydrogens is 307 g/mol. The number of carboxylic acid groups (broad SMARTS) is 1. The molecule has 0 atom stereocenters. The number of Topliss-reactive ketones (excluding diaryl/α,β-unsaturated/α-hetero) is 1. The quantitative estimate of drug-likeness (QED) is 0.686. The van der Waals surface area contributed by atoms with Gasteiger partial charge >= 0.3 is 5.97 Å². The highest BCUT2D eigenvalue weighted by Crippen LogP contribution is 2.16. The molecule has 1 aromatic rings. The van der Waals surface area contributed by atoms with Crippen LogP contribution in [0, 0.1) is 10.5 Å². The summed E-state index contributed by atoms with van der Waals surface area (Å²) in [7, 11) is 0. The second-order valence-electron chi connectivity index (χ2n) is 3.30. The Balaban J connectivity index is 2.81. The van der Waals surface area contributed by atoms with Gasteiger partial charge in [-0.25, -0.2) is 0 Å². The van der Waals surface area contributed by atoms with E-state index in [0.29, 0.717) is 5.56 Å². The lowest BCUT2D eigenvalue weighted by atomic mass is 10.0. The van der Waals surface area contributed by atoms with Crippen LogP contribution in [0.1, 0.15) is 28.8 Å². The third kappa shape index (κ3) is 3.62. The molecule has 0 aliphatic heterocycles. The number of carbonyl (C=O) groups is 2. The molecule has 80 valence electrons. The van der Waals surface area contributed by atoms with Crippen molar-refractivity contribution >= 4 is 34.3 Å².